The average Bonchev–Trinajstić information content (AvgIpc) is 3.44. The lowest BCUT2D eigenvalue weighted by Gasteiger charge is -2.19. The maximum Gasteiger partial charge on any atom is 0.257 e. The van der Waals surface area contributed by atoms with Gasteiger partial charge in [-0.1, -0.05) is 29.8 Å². The SMILES string of the molecule is COc1cccc(C(=O)N2CCCC2)c1OCc1csc(-c2ccc(Cl)cc2)n1. The highest BCUT2D eigenvalue weighted by Gasteiger charge is 2.24. The van der Waals surface area contributed by atoms with Crippen molar-refractivity contribution in [3.05, 3.63) is 64.1 Å². The summed E-state index contributed by atoms with van der Waals surface area (Å²) in [6.07, 6.45) is 2.08. The standard InChI is InChI=1S/C22H21ClN2O3S/c1-27-19-6-4-5-18(22(26)25-11-2-3-12-25)20(19)28-13-17-14-29-21(24-17)15-7-9-16(23)10-8-15/h4-10,14H,2-3,11-13H2,1H3. The zero-order valence-corrected chi connectivity index (χ0v) is 17.6. The average molecular weight is 429 g/mol. The van der Waals surface area contributed by atoms with Crippen LogP contribution in [0.25, 0.3) is 10.6 Å². The third-order valence-electron chi connectivity index (χ3n) is 4.83. The van der Waals surface area contributed by atoms with Gasteiger partial charge in [-0.3, -0.25) is 4.79 Å². The number of ether oxygens (including phenoxy) is 2. The predicted octanol–water partition coefficient (Wildman–Crippen LogP) is 5.29. The molecule has 0 unspecified atom stereocenters. The number of carbonyl (C=O) groups excluding carboxylic acids is 1. The van der Waals surface area contributed by atoms with Crippen LogP contribution in [0.3, 0.4) is 0 Å². The van der Waals surface area contributed by atoms with Crippen LogP contribution in [0.5, 0.6) is 11.5 Å². The summed E-state index contributed by atoms with van der Waals surface area (Å²) in [6.45, 7) is 1.82. The molecule has 7 heteroatoms. The van der Waals surface area contributed by atoms with Crippen LogP contribution < -0.4 is 9.47 Å². The quantitative estimate of drug-likeness (QED) is 0.535. The third kappa shape index (κ3) is 4.38. The van der Waals surface area contributed by atoms with Crippen molar-refractivity contribution in [3.8, 4) is 22.1 Å². The van der Waals surface area contributed by atoms with Crippen LogP contribution in [0.2, 0.25) is 5.02 Å². The summed E-state index contributed by atoms with van der Waals surface area (Å²) in [5.74, 6) is 0.993. The molecular formula is C22H21ClN2O3S. The summed E-state index contributed by atoms with van der Waals surface area (Å²) in [6, 6.07) is 13.0. The van der Waals surface area contributed by atoms with E-state index in [2.05, 4.69) is 4.98 Å². The van der Waals surface area contributed by atoms with Crippen molar-refractivity contribution in [1.29, 1.82) is 0 Å². The molecule has 0 radical (unpaired) electrons. The topological polar surface area (TPSA) is 51.7 Å². The maximum absolute atomic E-state index is 12.9. The Hall–Kier alpha value is -2.57. The van der Waals surface area contributed by atoms with E-state index in [-0.39, 0.29) is 12.5 Å². The molecule has 1 saturated heterocycles. The fourth-order valence-electron chi connectivity index (χ4n) is 3.33. The molecule has 2 heterocycles. The molecule has 2 aromatic carbocycles. The van der Waals surface area contributed by atoms with Crippen LogP contribution >= 0.6 is 22.9 Å². The number of hydrogen-bond donors (Lipinski definition) is 0. The van der Waals surface area contributed by atoms with Crippen molar-refractivity contribution in [2.24, 2.45) is 0 Å². The number of rotatable bonds is 6. The lowest BCUT2D eigenvalue weighted by Crippen LogP contribution is -2.28. The van der Waals surface area contributed by atoms with Gasteiger partial charge < -0.3 is 14.4 Å². The second-order valence-electron chi connectivity index (χ2n) is 6.78. The van der Waals surface area contributed by atoms with Gasteiger partial charge in [0.1, 0.15) is 11.6 Å². The van der Waals surface area contributed by atoms with Crippen molar-refractivity contribution < 1.29 is 14.3 Å². The van der Waals surface area contributed by atoms with Crippen LogP contribution in [0.1, 0.15) is 28.9 Å². The third-order valence-corrected chi connectivity index (χ3v) is 6.02. The molecule has 0 bridgehead atoms. The molecule has 0 atom stereocenters. The van der Waals surface area contributed by atoms with Crippen molar-refractivity contribution in [2.75, 3.05) is 20.2 Å². The molecule has 1 aromatic heterocycles. The molecule has 3 aromatic rings. The van der Waals surface area contributed by atoms with E-state index < -0.39 is 0 Å². The molecule has 0 saturated carbocycles. The summed E-state index contributed by atoms with van der Waals surface area (Å²) in [5, 5.41) is 3.55. The van der Waals surface area contributed by atoms with E-state index >= 15 is 0 Å². The molecule has 150 valence electrons. The van der Waals surface area contributed by atoms with Crippen LogP contribution in [-0.2, 0) is 6.61 Å². The molecule has 0 spiro atoms. The normalized spacial score (nSPS) is 13.5. The summed E-state index contributed by atoms with van der Waals surface area (Å²) < 4.78 is 11.5. The van der Waals surface area contributed by atoms with Gasteiger partial charge in [0.05, 0.1) is 18.4 Å². The number of amides is 1. The molecule has 1 amide bonds. The van der Waals surface area contributed by atoms with Gasteiger partial charge in [0, 0.05) is 29.1 Å². The number of para-hydroxylation sites is 1. The number of likely N-dealkylation sites (tertiary alicyclic amines) is 1. The highest BCUT2D eigenvalue weighted by atomic mass is 35.5. The Kier molecular flexibility index (Phi) is 6.02. The predicted molar refractivity (Wildman–Crippen MR) is 115 cm³/mol. The van der Waals surface area contributed by atoms with Gasteiger partial charge in [-0.2, -0.15) is 0 Å². The zero-order chi connectivity index (χ0) is 20.2. The molecule has 0 N–H and O–H groups in total. The molecule has 29 heavy (non-hydrogen) atoms. The minimum absolute atomic E-state index is 0.0171. The molecule has 1 aliphatic heterocycles. The Bertz CT molecular complexity index is 998. The first-order valence-corrected chi connectivity index (χ1v) is 10.7. The number of aromatic nitrogens is 1. The van der Waals surface area contributed by atoms with Crippen LogP contribution in [0, 0.1) is 0 Å². The first-order chi connectivity index (χ1) is 14.2. The lowest BCUT2D eigenvalue weighted by atomic mass is 10.1. The molecule has 4 rings (SSSR count). The van der Waals surface area contributed by atoms with E-state index in [1.54, 1.807) is 30.6 Å². The number of nitrogens with zero attached hydrogens (tertiary/aromatic N) is 2. The summed E-state index contributed by atoms with van der Waals surface area (Å²) in [7, 11) is 1.58. The number of halogens is 1. The van der Waals surface area contributed by atoms with Gasteiger partial charge >= 0.3 is 0 Å². The fraction of sp³-hybridized carbons (Fsp3) is 0.273. The summed E-state index contributed by atoms with van der Waals surface area (Å²) in [4.78, 5) is 19.4. The first-order valence-electron chi connectivity index (χ1n) is 9.45. The van der Waals surface area contributed by atoms with Crippen molar-refractivity contribution in [3.63, 3.8) is 0 Å². The van der Waals surface area contributed by atoms with Crippen molar-refractivity contribution in [2.45, 2.75) is 19.4 Å². The van der Waals surface area contributed by atoms with E-state index in [4.69, 9.17) is 21.1 Å². The Morgan fingerprint density at radius 1 is 1.17 bits per heavy atom. The van der Waals surface area contributed by atoms with Crippen LogP contribution in [0.15, 0.2) is 47.8 Å². The number of methoxy groups -OCH3 is 1. The van der Waals surface area contributed by atoms with E-state index in [1.807, 2.05) is 40.6 Å². The Morgan fingerprint density at radius 2 is 1.93 bits per heavy atom. The fourth-order valence-corrected chi connectivity index (χ4v) is 4.27. The zero-order valence-electron chi connectivity index (χ0n) is 16.1. The van der Waals surface area contributed by atoms with Gasteiger partial charge in [0.15, 0.2) is 11.5 Å². The number of carbonyl (C=O) groups is 1. The van der Waals surface area contributed by atoms with Crippen molar-refractivity contribution >= 4 is 28.8 Å². The molecule has 0 aliphatic carbocycles. The van der Waals surface area contributed by atoms with E-state index in [0.717, 1.165) is 42.2 Å². The van der Waals surface area contributed by atoms with Gasteiger partial charge in [-0.15, -0.1) is 11.3 Å². The van der Waals surface area contributed by atoms with Gasteiger partial charge in [0.25, 0.3) is 5.91 Å². The second kappa shape index (κ2) is 8.84. The smallest absolute Gasteiger partial charge is 0.257 e. The van der Waals surface area contributed by atoms with Gasteiger partial charge in [0.2, 0.25) is 0 Å². The van der Waals surface area contributed by atoms with Crippen LogP contribution in [-0.4, -0.2) is 36.0 Å². The Labute approximate surface area is 178 Å². The highest BCUT2D eigenvalue weighted by molar-refractivity contribution is 7.13. The minimum atomic E-state index is -0.0171. The molecule has 5 nitrogen and oxygen atoms in total. The summed E-state index contributed by atoms with van der Waals surface area (Å²) >= 11 is 7.50. The largest absolute Gasteiger partial charge is 0.493 e. The van der Waals surface area contributed by atoms with E-state index in [9.17, 15) is 4.79 Å². The van der Waals surface area contributed by atoms with Crippen LogP contribution in [0.4, 0.5) is 0 Å². The second-order valence-corrected chi connectivity index (χ2v) is 8.07. The van der Waals surface area contributed by atoms with Gasteiger partial charge in [-0.25, -0.2) is 4.98 Å². The molecule has 1 fully saturated rings. The lowest BCUT2D eigenvalue weighted by molar-refractivity contribution is 0.0787. The number of hydrogen-bond acceptors (Lipinski definition) is 5. The number of thiazole rings is 1. The van der Waals surface area contributed by atoms with Crippen molar-refractivity contribution in [1.82, 2.24) is 9.88 Å². The summed E-state index contributed by atoms with van der Waals surface area (Å²) in [5.41, 5.74) is 2.33. The Morgan fingerprint density at radius 3 is 2.66 bits per heavy atom. The molecular weight excluding hydrogens is 408 g/mol. The van der Waals surface area contributed by atoms with E-state index in [1.165, 1.54) is 0 Å². The first kappa shape index (κ1) is 19.7. The minimum Gasteiger partial charge on any atom is -0.493 e. The monoisotopic (exact) mass is 428 g/mol. The molecule has 1 aliphatic rings. The van der Waals surface area contributed by atoms with E-state index in [0.29, 0.717) is 22.1 Å². The Balaban J connectivity index is 1.53. The number of benzene rings is 2. The van der Waals surface area contributed by atoms with Gasteiger partial charge in [-0.05, 0) is 37.1 Å². The highest BCUT2D eigenvalue weighted by Crippen LogP contribution is 2.34. The maximum atomic E-state index is 12.9.